The van der Waals surface area contributed by atoms with Crippen LogP contribution in [-0.2, 0) is 16.6 Å². The summed E-state index contributed by atoms with van der Waals surface area (Å²) in [6.07, 6.45) is 5.01. The van der Waals surface area contributed by atoms with Crippen LogP contribution in [0.25, 0.3) is 10.2 Å². The third-order valence-electron chi connectivity index (χ3n) is 5.97. The summed E-state index contributed by atoms with van der Waals surface area (Å²) in [5, 5.41) is 0.538. The number of halogens is 1. The molecule has 2 heterocycles. The second kappa shape index (κ2) is 12.3. The van der Waals surface area contributed by atoms with Gasteiger partial charge in [-0.1, -0.05) is 54.0 Å². The Morgan fingerprint density at radius 3 is 2.35 bits per heavy atom. The van der Waals surface area contributed by atoms with Crippen molar-refractivity contribution in [3.05, 3.63) is 76.7 Å². The minimum absolute atomic E-state index is 0.193. The van der Waals surface area contributed by atoms with Gasteiger partial charge >= 0.3 is 0 Å². The SMILES string of the molecule is CCCCN(CCCC)S(=O)(=O)c1ccc(C(=O)N(Cc2ccco2)c2nc3ccc(Br)cc3s2)cc1. The van der Waals surface area contributed by atoms with Crippen molar-refractivity contribution in [1.29, 1.82) is 0 Å². The first kappa shape index (κ1) is 27.5. The minimum Gasteiger partial charge on any atom is -0.467 e. The van der Waals surface area contributed by atoms with Crippen molar-refractivity contribution in [2.24, 2.45) is 0 Å². The van der Waals surface area contributed by atoms with Crippen LogP contribution < -0.4 is 4.90 Å². The monoisotopic (exact) mass is 603 g/mol. The van der Waals surface area contributed by atoms with Gasteiger partial charge in [-0.25, -0.2) is 13.4 Å². The summed E-state index contributed by atoms with van der Waals surface area (Å²) in [6, 6.07) is 15.6. The molecule has 0 saturated heterocycles. The number of anilines is 1. The number of hydrogen-bond acceptors (Lipinski definition) is 6. The van der Waals surface area contributed by atoms with Crippen molar-refractivity contribution in [2.75, 3.05) is 18.0 Å². The second-order valence-electron chi connectivity index (χ2n) is 8.71. The Balaban J connectivity index is 1.63. The van der Waals surface area contributed by atoms with E-state index in [0.29, 0.717) is 29.5 Å². The highest BCUT2D eigenvalue weighted by Crippen LogP contribution is 2.33. The van der Waals surface area contributed by atoms with Gasteiger partial charge in [0.25, 0.3) is 5.91 Å². The molecule has 0 N–H and O–H groups in total. The van der Waals surface area contributed by atoms with E-state index in [9.17, 15) is 13.2 Å². The zero-order valence-corrected chi connectivity index (χ0v) is 24.1. The highest BCUT2D eigenvalue weighted by Gasteiger charge is 2.26. The number of unbranched alkanes of at least 4 members (excludes halogenated alkanes) is 2. The molecule has 0 atom stereocenters. The molecule has 4 rings (SSSR count). The number of sulfonamides is 1. The normalized spacial score (nSPS) is 11.9. The Morgan fingerprint density at radius 1 is 1.03 bits per heavy atom. The lowest BCUT2D eigenvalue weighted by Crippen LogP contribution is -2.33. The lowest BCUT2D eigenvalue weighted by Gasteiger charge is -2.22. The van der Waals surface area contributed by atoms with Gasteiger partial charge in [0.1, 0.15) is 5.76 Å². The molecule has 0 fully saturated rings. The fourth-order valence-corrected chi connectivity index (χ4v) is 6.91. The number of furan rings is 1. The highest BCUT2D eigenvalue weighted by atomic mass is 79.9. The fourth-order valence-electron chi connectivity index (χ4n) is 3.88. The number of carbonyl (C=O) groups excluding carboxylic acids is 1. The van der Waals surface area contributed by atoms with Crippen LogP contribution in [0.2, 0.25) is 0 Å². The van der Waals surface area contributed by atoms with Gasteiger partial charge < -0.3 is 4.42 Å². The Kier molecular flexibility index (Phi) is 9.17. The number of aromatic nitrogens is 1. The topological polar surface area (TPSA) is 83.7 Å². The zero-order valence-electron chi connectivity index (χ0n) is 20.9. The Morgan fingerprint density at radius 2 is 1.73 bits per heavy atom. The van der Waals surface area contributed by atoms with E-state index in [1.54, 1.807) is 39.7 Å². The molecule has 2 aromatic carbocycles. The number of fused-ring (bicyclic) bond motifs is 1. The second-order valence-corrected chi connectivity index (χ2v) is 12.6. The number of rotatable bonds is 12. The van der Waals surface area contributed by atoms with Crippen LogP contribution in [0.5, 0.6) is 0 Å². The van der Waals surface area contributed by atoms with Crippen molar-refractivity contribution in [3.8, 4) is 0 Å². The zero-order chi connectivity index (χ0) is 26.4. The standard InChI is InChI=1S/C27H30BrN3O4S2/c1-3-5-15-30(16-6-4-2)37(33,34)23-12-9-20(10-13-23)26(32)31(19-22-8-7-17-35-22)27-29-24-14-11-21(28)18-25(24)36-27/h7-14,17-18H,3-6,15-16,19H2,1-2H3. The fraction of sp³-hybridized carbons (Fsp3) is 0.333. The van der Waals surface area contributed by atoms with E-state index in [0.717, 1.165) is 40.4 Å². The van der Waals surface area contributed by atoms with Gasteiger partial charge in [0, 0.05) is 23.1 Å². The lowest BCUT2D eigenvalue weighted by molar-refractivity contribution is 0.0983. The lowest BCUT2D eigenvalue weighted by atomic mass is 10.2. The van der Waals surface area contributed by atoms with Crippen LogP contribution in [0, 0.1) is 0 Å². The van der Waals surface area contributed by atoms with Gasteiger partial charge in [0.05, 0.1) is 27.9 Å². The van der Waals surface area contributed by atoms with Gasteiger partial charge in [-0.05, 0) is 67.4 Å². The van der Waals surface area contributed by atoms with Crippen molar-refractivity contribution in [2.45, 2.75) is 51.0 Å². The molecular weight excluding hydrogens is 574 g/mol. The molecule has 7 nitrogen and oxygen atoms in total. The van der Waals surface area contributed by atoms with Gasteiger partial charge in [0.15, 0.2) is 5.13 Å². The first-order valence-electron chi connectivity index (χ1n) is 12.3. The summed E-state index contributed by atoms with van der Waals surface area (Å²) >= 11 is 4.89. The number of benzene rings is 2. The Bertz CT molecular complexity index is 1430. The molecule has 0 spiro atoms. The summed E-state index contributed by atoms with van der Waals surface area (Å²) < 4.78 is 35.6. The number of nitrogens with zero attached hydrogens (tertiary/aromatic N) is 3. The number of carbonyl (C=O) groups is 1. The first-order valence-corrected chi connectivity index (χ1v) is 15.4. The van der Waals surface area contributed by atoms with Crippen molar-refractivity contribution in [3.63, 3.8) is 0 Å². The van der Waals surface area contributed by atoms with Crippen LogP contribution in [0.4, 0.5) is 5.13 Å². The quantitative estimate of drug-likeness (QED) is 0.172. The molecule has 196 valence electrons. The summed E-state index contributed by atoms with van der Waals surface area (Å²) in [5.74, 6) is 0.336. The number of thiazole rings is 1. The summed E-state index contributed by atoms with van der Waals surface area (Å²) in [4.78, 5) is 20.1. The summed E-state index contributed by atoms with van der Waals surface area (Å²) in [7, 11) is -3.64. The molecule has 0 bridgehead atoms. The van der Waals surface area contributed by atoms with Crippen molar-refractivity contribution in [1.82, 2.24) is 9.29 Å². The molecule has 37 heavy (non-hydrogen) atoms. The smallest absolute Gasteiger partial charge is 0.260 e. The largest absolute Gasteiger partial charge is 0.467 e. The third-order valence-corrected chi connectivity index (χ3v) is 9.42. The molecule has 0 aliphatic heterocycles. The molecule has 10 heteroatoms. The molecule has 0 aliphatic rings. The van der Waals surface area contributed by atoms with Crippen LogP contribution in [-0.4, -0.2) is 36.7 Å². The van der Waals surface area contributed by atoms with Crippen LogP contribution in [0.3, 0.4) is 0 Å². The minimum atomic E-state index is -3.64. The maximum Gasteiger partial charge on any atom is 0.260 e. The van der Waals surface area contributed by atoms with Gasteiger partial charge in [-0.2, -0.15) is 4.31 Å². The average molecular weight is 605 g/mol. The van der Waals surface area contributed by atoms with Crippen molar-refractivity contribution >= 4 is 58.5 Å². The number of amides is 1. The van der Waals surface area contributed by atoms with E-state index in [-0.39, 0.29) is 17.3 Å². The van der Waals surface area contributed by atoms with E-state index >= 15 is 0 Å². The van der Waals surface area contributed by atoms with E-state index < -0.39 is 10.0 Å². The summed E-state index contributed by atoms with van der Waals surface area (Å²) in [6.45, 7) is 5.27. The van der Waals surface area contributed by atoms with Crippen molar-refractivity contribution < 1.29 is 17.6 Å². The molecular formula is C27H30BrN3O4S2. The van der Waals surface area contributed by atoms with Gasteiger partial charge in [-0.3, -0.25) is 9.69 Å². The number of hydrogen-bond donors (Lipinski definition) is 0. The molecule has 0 radical (unpaired) electrons. The maximum absolute atomic E-state index is 13.7. The highest BCUT2D eigenvalue weighted by molar-refractivity contribution is 9.10. The van der Waals surface area contributed by atoms with E-state index in [1.807, 2.05) is 32.0 Å². The Labute approximate surface area is 230 Å². The predicted octanol–water partition coefficient (Wildman–Crippen LogP) is 7.09. The van der Waals surface area contributed by atoms with E-state index in [4.69, 9.17) is 4.42 Å². The van der Waals surface area contributed by atoms with E-state index in [1.165, 1.54) is 23.5 Å². The Hall–Kier alpha value is -2.53. The molecule has 1 amide bonds. The molecule has 0 unspecified atom stereocenters. The predicted molar refractivity (Wildman–Crippen MR) is 152 cm³/mol. The maximum atomic E-state index is 13.7. The average Bonchev–Trinajstić information content (AvgIpc) is 3.56. The van der Waals surface area contributed by atoms with Gasteiger partial charge in [-0.15, -0.1) is 0 Å². The molecule has 0 saturated carbocycles. The van der Waals surface area contributed by atoms with Gasteiger partial charge in [0.2, 0.25) is 10.0 Å². The van der Waals surface area contributed by atoms with Crippen LogP contribution in [0.15, 0.2) is 74.6 Å². The first-order chi connectivity index (χ1) is 17.8. The van der Waals surface area contributed by atoms with Crippen LogP contribution in [0.1, 0.15) is 55.6 Å². The third kappa shape index (κ3) is 6.49. The van der Waals surface area contributed by atoms with Crippen LogP contribution >= 0.6 is 27.3 Å². The molecule has 4 aromatic rings. The summed E-state index contributed by atoms with van der Waals surface area (Å²) in [5.41, 5.74) is 1.17. The molecule has 2 aromatic heterocycles. The van der Waals surface area contributed by atoms with E-state index in [2.05, 4.69) is 20.9 Å². The molecule has 0 aliphatic carbocycles.